The molecule has 3 aromatic carbocycles. The normalized spacial score (nSPS) is 12.5. The smallest absolute Gasteiger partial charge is 0.333 e. The lowest BCUT2D eigenvalue weighted by Gasteiger charge is -2.20. The molecule has 1 amide bonds. The molecule has 0 bridgehead atoms. The number of benzene rings is 3. The van der Waals surface area contributed by atoms with Gasteiger partial charge in [0.05, 0.1) is 18.6 Å². The quantitative estimate of drug-likeness (QED) is 0.413. The molecule has 0 heterocycles. The Morgan fingerprint density at radius 2 is 1.72 bits per heavy atom. The number of carbonyl (C=O) groups is 2. The largest absolute Gasteiger partial charge is 0.464 e. The molecule has 0 aliphatic heterocycles. The maximum atomic E-state index is 13.0. The second kappa shape index (κ2) is 9.90. The van der Waals surface area contributed by atoms with Crippen LogP contribution in [-0.4, -0.2) is 45.5 Å². The van der Waals surface area contributed by atoms with E-state index in [9.17, 15) is 18.0 Å². The van der Waals surface area contributed by atoms with Crippen molar-refractivity contribution in [1.82, 2.24) is 9.79 Å². The molecule has 1 N–H and O–H groups in total. The number of nitrogens with one attached hydrogen (secondary N) is 1. The van der Waals surface area contributed by atoms with Gasteiger partial charge in [-0.15, -0.1) is 0 Å². The Bertz CT molecular complexity index is 1240. The molecule has 0 saturated carbocycles. The van der Waals surface area contributed by atoms with Crippen LogP contribution < -0.4 is 5.32 Å². The second-order valence-electron chi connectivity index (χ2n) is 6.85. The van der Waals surface area contributed by atoms with Crippen molar-refractivity contribution in [2.45, 2.75) is 17.9 Å². The van der Waals surface area contributed by atoms with E-state index >= 15 is 0 Å². The van der Waals surface area contributed by atoms with E-state index in [1.807, 2.05) is 30.3 Å². The molecule has 0 radical (unpaired) electrons. The van der Waals surface area contributed by atoms with Gasteiger partial charge in [-0.25, -0.2) is 13.2 Å². The fourth-order valence-corrected chi connectivity index (χ4v) is 4.27. The molecule has 0 aliphatic carbocycles. The zero-order valence-corrected chi connectivity index (χ0v) is 18.8. The highest BCUT2D eigenvalue weighted by atomic mass is 32.2. The number of esters is 1. The maximum absolute atomic E-state index is 13.0. The lowest BCUT2D eigenvalue weighted by atomic mass is 9.98. The van der Waals surface area contributed by atoms with Gasteiger partial charge in [0.15, 0.2) is 6.04 Å². The average molecular weight is 457 g/mol. The van der Waals surface area contributed by atoms with Crippen molar-refractivity contribution in [3.63, 3.8) is 0 Å². The molecule has 0 aliphatic rings. The van der Waals surface area contributed by atoms with E-state index in [4.69, 9.17) is 9.57 Å². The molecule has 32 heavy (non-hydrogen) atoms. The Kier molecular flexibility index (Phi) is 7.24. The molecule has 1 atom stereocenters. The van der Waals surface area contributed by atoms with Crippen LogP contribution in [0.25, 0.3) is 10.8 Å². The first kappa shape index (κ1) is 23.4. The zero-order valence-electron chi connectivity index (χ0n) is 17.9. The zero-order chi connectivity index (χ0) is 23.3. The summed E-state index contributed by atoms with van der Waals surface area (Å²) in [5.41, 5.74) is 0.655. The first-order valence-corrected chi connectivity index (χ1v) is 11.3. The van der Waals surface area contributed by atoms with Crippen molar-refractivity contribution in [2.24, 2.45) is 0 Å². The van der Waals surface area contributed by atoms with Gasteiger partial charge in [0, 0.05) is 12.6 Å². The molecular weight excluding hydrogens is 432 g/mol. The minimum atomic E-state index is -3.94. The molecule has 8 nitrogen and oxygen atoms in total. The fourth-order valence-electron chi connectivity index (χ4n) is 3.25. The number of carbonyl (C=O) groups excluding carboxylic acids is 2. The summed E-state index contributed by atoms with van der Waals surface area (Å²) < 4.78 is 30.9. The minimum Gasteiger partial charge on any atom is -0.464 e. The number of hydroxylamine groups is 1. The van der Waals surface area contributed by atoms with E-state index in [1.165, 1.54) is 38.4 Å². The lowest BCUT2D eigenvalue weighted by Crippen LogP contribution is -2.35. The molecule has 1 unspecified atom stereocenters. The number of ether oxygens (including phenoxy) is 1. The van der Waals surface area contributed by atoms with Crippen LogP contribution in [0.3, 0.4) is 0 Å². The van der Waals surface area contributed by atoms with Gasteiger partial charge in [0.1, 0.15) is 0 Å². The third-order valence-electron chi connectivity index (χ3n) is 4.92. The fraction of sp³-hybridized carbons (Fsp3) is 0.217. The van der Waals surface area contributed by atoms with E-state index in [0.717, 1.165) is 10.8 Å². The van der Waals surface area contributed by atoms with Gasteiger partial charge in [0.2, 0.25) is 0 Å². The van der Waals surface area contributed by atoms with Gasteiger partial charge in [-0.05, 0) is 41.5 Å². The molecule has 0 spiro atoms. The summed E-state index contributed by atoms with van der Waals surface area (Å²) in [6, 6.07) is 17.4. The molecule has 9 heteroatoms. The number of sulfonamides is 1. The average Bonchev–Trinajstić information content (AvgIpc) is 2.81. The Hall–Kier alpha value is -3.27. The van der Waals surface area contributed by atoms with Crippen LogP contribution in [0.1, 0.15) is 28.9 Å². The Morgan fingerprint density at radius 1 is 1.03 bits per heavy atom. The van der Waals surface area contributed by atoms with Crippen LogP contribution in [0.4, 0.5) is 0 Å². The molecule has 3 rings (SSSR count). The summed E-state index contributed by atoms with van der Waals surface area (Å²) in [6.45, 7) is 1.83. The number of nitrogens with zero attached hydrogens (tertiary/aromatic N) is 1. The van der Waals surface area contributed by atoms with E-state index in [1.54, 1.807) is 19.1 Å². The second-order valence-corrected chi connectivity index (χ2v) is 8.79. The van der Waals surface area contributed by atoms with Crippen LogP contribution in [0.5, 0.6) is 0 Å². The van der Waals surface area contributed by atoms with Crippen molar-refractivity contribution in [1.29, 1.82) is 0 Å². The van der Waals surface area contributed by atoms with Crippen LogP contribution in [-0.2, 0) is 24.4 Å². The summed E-state index contributed by atoms with van der Waals surface area (Å²) in [4.78, 5) is 30.4. The number of fused-ring (bicyclic) bond motifs is 1. The molecular formula is C23H24N2O6S. The van der Waals surface area contributed by atoms with E-state index in [-0.39, 0.29) is 17.1 Å². The van der Waals surface area contributed by atoms with Gasteiger partial charge in [-0.1, -0.05) is 53.0 Å². The van der Waals surface area contributed by atoms with Gasteiger partial charge in [0.25, 0.3) is 15.9 Å². The summed E-state index contributed by atoms with van der Waals surface area (Å²) >= 11 is 0. The maximum Gasteiger partial charge on any atom is 0.333 e. The molecule has 0 saturated heterocycles. The number of rotatable bonds is 8. The number of amides is 1. The topological polar surface area (TPSA) is 102 Å². The van der Waals surface area contributed by atoms with Gasteiger partial charge in [-0.3, -0.25) is 9.63 Å². The monoisotopic (exact) mass is 456 g/mol. The predicted octanol–water partition coefficient (Wildman–Crippen LogP) is 3.06. The van der Waals surface area contributed by atoms with Gasteiger partial charge in [-0.2, -0.15) is 0 Å². The third-order valence-corrected chi connectivity index (χ3v) is 6.60. The molecule has 168 valence electrons. The molecule has 0 aromatic heterocycles. The summed E-state index contributed by atoms with van der Waals surface area (Å²) in [5, 5.41) is 4.40. The van der Waals surface area contributed by atoms with Crippen molar-refractivity contribution < 1.29 is 27.6 Å². The van der Waals surface area contributed by atoms with Crippen LogP contribution in [0, 0.1) is 0 Å². The van der Waals surface area contributed by atoms with E-state index in [0.29, 0.717) is 10.0 Å². The Labute approximate surface area is 186 Å². The van der Waals surface area contributed by atoms with Crippen molar-refractivity contribution in [2.75, 3.05) is 20.8 Å². The Balaban J connectivity index is 1.98. The molecule has 3 aromatic rings. The number of hydrogen-bond acceptors (Lipinski definition) is 6. The summed E-state index contributed by atoms with van der Waals surface area (Å²) in [6.07, 6.45) is 0. The minimum absolute atomic E-state index is 0.0742. The highest BCUT2D eigenvalue weighted by Gasteiger charge is 2.27. The van der Waals surface area contributed by atoms with Crippen molar-refractivity contribution >= 4 is 32.7 Å². The van der Waals surface area contributed by atoms with Crippen LogP contribution >= 0.6 is 0 Å². The van der Waals surface area contributed by atoms with Gasteiger partial charge >= 0.3 is 5.97 Å². The predicted molar refractivity (Wildman–Crippen MR) is 119 cm³/mol. The summed E-state index contributed by atoms with van der Waals surface area (Å²) in [5.74, 6) is -1.23. The van der Waals surface area contributed by atoms with E-state index in [2.05, 4.69) is 5.32 Å². The standard InChI is InChI=1S/C23H24N2O6S/c1-4-31-23(27)21(20-14-8-10-16-9-5-6-13-19(16)20)24-22(26)17-11-7-12-18(15-17)32(28,29)25(2)30-3/h5-15,21H,4H2,1-3H3,(H,24,26). The number of hydrogen-bond donors (Lipinski definition) is 1. The summed E-state index contributed by atoms with van der Waals surface area (Å²) in [7, 11) is -1.47. The first-order chi connectivity index (χ1) is 15.3. The first-order valence-electron chi connectivity index (χ1n) is 9.87. The lowest BCUT2D eigenvalue weighted by molar-refractivity contribution is -0.145. The third kappa shape index (κ3) is 4.80. The van der Waals surface area contributed by atoms with Crippen molar-refractivity contribution in [3.8, 4) is 0 Å². The van der Waals surface area contributed by atoms with Gasteiger partial charge < -0.3 is 10.1 Å². The molecule has 0 fully saturated rings. The van der Waals surface area contributed by atoms with Crippen LogP contribution in [0.2, 0.25) is 0 Å². The van der Waals surface area contributed by atoms with Crippen molar-refractivity contribution in [3.05, 3.63) is 77.9 Å². The SMILES string of the molecule is CCOC(=O)C(NC(=O)c1cccc(S(=O)(=O)N(C)OC)c1)c1cccc2ccccc12. The Morgan fingerprint density at radius 3 is 2.44 bits per heavy atom. The van der Waals surface area contributed by atoms with E-state index < -0.39 is 27.9 Å². The highest BCUT2D eigenvalue weighted by Crippen LogP contribution is 2.26. The highest BCUT2D eigenvalue weighted by molar-refractivity contribution is 7.89. The van der Waals surface area contributed by atoms with Crippen LogP contribution in [0.15, 0.2) is 71.6 Å².